The molecule has 0 aromatic carbocycles. The van der Waals surface area contributed by atoms with Gasteiger partial charge in [-0.05, 0) is 6.42 Å². The van der Waals surface area contributed by atoms with Crippen LogP contribution in [0.5, 0.6) is 0 Å². The van der Waals surface area contributed by atoms with E-state index >= 15 is 0 Å². The first-order chi connectivity index (χ1) is 4.86. The van der Waals surface area contributed by atoms with Gasteiger partial charge in [-0.25, -0.2) is 0 Å². The lowest BCUT2D eigenvalue weighted by molar-refractivity contribution is -0.115. The van der Waals surface area contributed by atoms with Crippen LogP contribution in [-0.2, 0) is 4.79 Å². The average Bonchev–Trinajstić information content (AvgIpc) is 2.33. The third kappa shape index (κ3) is 0.827. The second kappa shape index (κ2) is 2.09. The molecule has 1 saturated heterocycles. The third-order valence-electron chi connectivity index (χ3n) is 2.01. The molecule has 0 aromatic heterocycles. The second-order valence-corrected chi connectivity index (χ2v) is 2.71. The summed E-state index contributed by atoms with van der Waals surface area (Å²) in [7, 11) is 0. The van der Waals surface area contributed by atoms with Crippen LogP contribution in [0.2, 0.25) is 0 Å². The van der Waals surface area contributed by atoms with E-state index in [4.69, 9.17) is 0 Å². The molecular weight excluding hydrogens is 128 g/mol. The maximum absolute atomic E-state index is 10.9. The Bertz CT molecular complexity index is 198. The lowest BCUT2D eigenvalue weighted by Gasteiger charge is -2.14. The van der Waals surface area contributed by atoms with Crippen LogP contribution >= 0.6 is 0 Å². The molecule has 10 heavy (non-hydrogen) atoms. The van der Waals surface area contributed by atoms with E-state index in [1.54, 1.807) is 6.08 Å². The summed E-state index contributed by atoms with van der Waals surface area (Å²) in [6, 6.07) is 0.428. The molecule has 0 bridgehead atoms. The molecule has 0 amide bonds. The van der Waals surface area contributed by atoms with Gasteiger partial charge < -0.3 is 5.32 Å². The fourth-order valence-electron chi connectivity index (χ4n) is 1.45. The first kappa shape index (κ1) is 5.92. The minimum absolute atomic E-state index is 0.252. The number of hydrogen-bond acceptors (Lipinski definition) is 3. The first-order valence-electron chi connectivity index (χ1n) is 3.58. The molecule has 1 aliphatic carbocycles. The molecule has 0 radical (unpaired) electrons. The zero-order chi connectivity index (χ0) is 6.97. The summed E-state index contributed by atoms with van der Waals surface area (Å²) >= 11 is 0. The number of rotatable bonds is 0. The summed E-state index contributed by atoms with van der Waals surface area (Å²) in [6.45, 7) is 0.809. The SMILES string of the molecule is O=C1C=C2NCNC2CC1. The molecule has 3 nitrogen and oxygen atoms in total. The topological polar surface area (TPSA) is 41.1 Å². The van der Waals surface area contributed by atoms with Crippen molar-refractivity contribution < 1.29 is 4.79 Å². The number of fused-ring (bicyclic) bond motifs is 1. The summed E-state index contributed by atoms with van der Waals surface area (Å²) < 4.78 is 0. The van der Waals surface area contributed by atoms with Gasteiger partial charge in [-0.3, -0.25) is 10.1 Å². The number of allylic oxidation sites excluding steroid dienone is 1. The monoisotopic (exact) mass is 138 g/mol. The molecule has 2 rings (SSSR count). The van der Waals surface area contributed by atoms with Crippen molar-refractivity contribution in [1.29, 1.82) is 0 Å². The van der Waals surface area contributed by atoms with E-state index < -0.39 is 0 Å². The van der Waals surface area contributed by atoms with Gasteiger partial charge in [0, 0.05) is 24.2 Å². The lowest BCUT2D eigenvalue weighted by atomic mass is 10.00. The molecule has 2 aliphatic rings. The number of ketones is 1. The van der Waals surface area contributed by atoms with Gasteiger partial charge in [-0.2, -0.15) is 0 Å². The first-order valence-corrected chi connectivity index (χ1v) is 3.58. The van der Waals surface area contributed by atoms with Crippen molar-refractivity contribution in [3.8, 4) is 0 Å². The minimum Gasteiger partial charge on any atom is -0.374 e. The van der Waals surface area contributed by atoms with Crippen molar-refractivity contribution in [2.45, 2.75) is 18.9 Å². The molecular formula is C7H10N2O. The third-order valence-corrected chi connectivity index (χ3v) is 2.01. The van der Waals surface area contributed by atoms with E-state index in [0.29, 0.717) is 12.5 Å². The number of hydrogen-bond donors (Lipinski definition) is 2. The van der Waals surface area contributed by atoms with Crippen LogP contribution in [0.25, 0.3) is 0 Å². The summed E-state index contributed by atoms with van der Waals surface area (Å²) in [5.74, 6) is 0.252. The van der Waals surface area contributed by atoms with Crippen molar-refractivity contribution in [2.75, 3.05) is 6.67 Å². The summed E-state index contributed by atoms with van der Waals surface area (Å²) in [4.78, 5) is 10.9. The van der Waals surface area contributed by atoms with Crippen LogP contribution in [0.1, 0.15) is 12.8 Å². The van der Waals surface area contributed by atoms with E-state index in [1.165, 1.54) is 0 Å². The van der Waals surface area contributed by atoms with E-state index in [0.717, 1.165) is 18.8 Å². The van der Waals surface area contributed by atoms with Crippen LogP contribution in [0.3, 0.4) is 0 Å². The Kier molecular flexibility index (Phi) is 1.24. The molecule has 1 atom stereocenters. The van der Waals surface area contributed by atoms with Gasteiger partial charge in [0.2, 0.25) is 0 Å². The summed E-state index contributed by atoms with van der Waals surface area (Å²) in [5, 5.41) is 6.37. The molecule has 1 aliphatic heterocycles. The highest BCUT2D eigenvalue weighted by Gasteiger charge is 2.24. The van der Waals surface area contributed by atoms with Crippen LogP contribution in [0.4, 0.5) is 0 Å². The molecule has 0 spiro atoms. The predicted octanol–water partition coefficient (Wildman–Crippen LogP) is -0.248. The van der Waals surface area contributed by atoms with Crippen molar-refractivity contribution in [3.05, 3.63) is 11.8 Å². The molecule has 1 unspecified atom stereocenters. The van der Waals surface area contributed by atoms with Crippen molar-refractivity contribution >= 4 is 5.78 Å². The van der Waals surface area contributed by atoms with E-state index in [1.807, 2.05) is 0 Å². The molecule has 2 N–H and O–H groups in total. The smallest absolute Gasteiger partial charge is 0.157 e. The number of carbonyl (C=O) groups excluding carboxylic acids is 1. The largest absolute Gasteiger partial charge is 0.374 e. The Morgan fingerprint density at radius 3 is 3.40 bits per heavy atom. The second-order valence-electron chi connectivity index (χ2n) is 2.71. The lowest BCUT2D eigenvalue weighted by Crippen LogP contribution is -2.26. The van der Waals surface area contributed by atoms with Gasteiger partial charge in [-0.1, -0.05) is 0 Å². The molecule has 54 valence electrons. The van der Waals surface area contributed by atoms with Crippen molar-refractivity contribution in [2.24, 2.45) is 0 Å². The number of nitrogens with one attached hydrogen (secondary N) is 2. The molecule has 0 aromatic rings. The van der Waals surface area contributed by atoms with E-state index in [-0.39, 0.29) is 5.78 Å². The highest BCUT2D eigenvalue weighted by molar-refractivity contribution is 5.91. The standard InChI is InChI=1S/C7H10N2O/c10-5-1-2-6-7(3-5)9-4-8-6/h3,6,8-9H,1-2,4H2. The Labute approximate surface area is 59.5 Å². The maximum Gasteiger partial charge on any atom is 0.157 e. The predicted molar refractivity (Wildman–Crippen MR) is 37.3 cm³/mol. The molecule has 0 saturated carbocycles. The Hall–Kier alpha value is -0.830. The van der Waals surface area contributed by atoms with E-state index in [2.05, 4.69) is 10.6 Å². The summed E-state index contributed by atoms with van der Waals surface area (Å²) in [5.41, 5.74) is 1.08. The van der Waals surface area contributed by atoms with Crippen molar-refractivity contribution in [3.63, 3.8) is 0 Å². The average molecular weight is 138 g/mol. The van der Waals surface area contributed by atoms with Gasteiger partial charge in [0.05, 0.1) is 6.67 Å². The van der Waals surface area contributed by atoms with Gasteiger partial charge >= 0.3 is 0 Å². The summed E-state index contributed by atoms with van der Waals surface area (Å²) in [6.07, 6.45) is 3.37. The highest BCUT2D eigenvalue weighted by atomic mass is 16.1. The van der Waals surface area contributed by atoms with Crippen LogP contribution in [-0.4, -0.2) is 18.5 Å². The Balaban J connectivity index is 2.23. The molecule has 1 heterocycles. The Morgan fingerprint density at radius 2 is 2.50 bits per heavy atom. The normalized spacial score (nSPS) is 31.0. The van der Waals surface area contributed by atoms with E-state index in [9.17, 15) is 4.79 Å². The van der Waals surface area contributed by atoms with Gasteiger partial charge in [-0.15, -0.1) is 0 Å². The van der Waals surface area contributed by atoms with Gasteiger partial charge in [0.1, 0.15) is 0 Å². The molecule has 1 fully saturated rings. The highest BCUT2D eigenvalue weighted by Crippen LogP contribution is 2.16. The molecule has 3 heteroatoms. The Morgan fingerprint density at radius 1 is 1.60 bits per heavy atom. The quantitative estimate of drug-likeness (QED) is 0.485. The van der Waals surface area contributed by atoms with Crippen LogP contribution in [0, 0.1) is 0 Å². The fourth-order valence-corrected chi connectivity index (χ4v) is 1.45. The zero-order valence-corrected chi connectivity index (χ0v) is 5.68. The van der Waals surface area contributed by atoms with Crippen LogP contribution < -0.4 is 10.6 Å². The number of carbonyl (C=O) groups is 1. The van der Waals surface area contributed by atoms with Gasteiger partial charge in [0.15, 0.2) is 5.78 Å². The maximum atomic E-state index is 10.9. The van der Waals surface area contributed by atoms with Crippen molar-refractivity contribution in [1.82, 2.24) is 10.6 Å². The minimum atomic E-state index is 0.252. The van der Waals surface area contributed by atoms with Gasteiger partial charge in [0.25, 0.3) is 0 Å². The zero-order valence-electron chi connectivity index (χ0n) is 5.68. The fraction of sp³-hybridized carbons (Fsp3) is 0.571. The van der Waals surface area contributed by atoms with Crippen LogP contribution in [0.15, 0.2) is 11.8 Å².